The molecule has 0 amide bonds. The molecular formula is C41H34N2O2. The van der Waals surface area contributed by atoms with Gasteiger partial charge in [-0.1, -0.05) is 47.5 Å². The number of aromatic nitrogens is 2. The molecule has 6 aromatic carbocycles. The van der Waals surface area contributed by atoms with E-state index in [4.69, 9.17) is 9.47 Å². The van der Waals surface area contributed by atoms with Gasteiger partial charge in [-0.25, -0.2) is 0 Å². The van der Waals surface area contributed by atoms with E-state index in [9.17, 15) is 0 Å². The molecule has 0 saturated heterocycles. The van der Waals surface area contributed by atoms with Gasteiger partial charge in [0.25, 0.3) is 0 Å². The number of hydrogen-bond donors (Lipinski definition) is 0. The summed E-state index contributed by atoms with van der Waals surface area (Å²) in [4.78, 5) is 0. The maximum atomic E-state index is 5.55. The lowest BCUT2D eigenvalue weighted by Gasteiger charge is -2.11. The third-order valence-corrected chi connectivity index (χ3v) is 9.05. The Bertz CT molecular complexity index is 2250. The third-order valence-electron chi connectivity index (χ3n) is 9.05. The van der Waals surface area contributed by atoms with E-state index < -0.39 is 0 Å². The van der Waals surface area contributed by atoms with Gasteiger partial charge in [0.15, 0.2) is 0 Å². The van der Waals surface area contributed by atoms with Crippen LogP contribution in [0.3, 0.4) is 0 Å². The zero-order valence-corrected chi connectivity index (χ0v) is 26.0. The molecule has 45 heavy (non-hydrogen) atoms. The largest absolute Gasteiger partial charge is 0.497 e. The van der Waals surface area contributed by atoms with E-state index in [1.165, 1.54) is 49.7 Å². The highest BCUT2D eigenvalue weighted by atomic mass is 16.5. The predicted octanol–water partition coefficient (Wildman–Crippen LogP) is 10.1. The van der Waals surface area contributed by atoms with Crippen molar-refractivity contribution in [3.8, 4) is 22.9 Å². The van der Waals surface area contributed by atoms with Crippen molar-refractivity contribution in [2.75, 3.05) is 14.2 Å². The zero-order chi connectivity index (χ0) is 30.7. The lowest BCUT2D eigenvalue weighted by Crippen LogP contribution is -1.96. The molecule has 0 spiro atoms. The maximum Gasteiger partial charge on any atom is 0.119 e. The molecule has 8 aromatic rings. The predicted molar refractivity (Wildman–Crippen MR) is 187 cm³/mol. The Morgan fingerprint density at radius 2 is 0.778 bits per heavy atom. The summed E-state index contributed by atoms with van der Waals surface area (Å²) in [6.07, 6.45) is 0.869. The molecule has 0 saturated carbocycles. The second-order valence-electron chi connectivity index (χ2n) is 12.0. The molecule has 0 unspecified atom stereocenters. The molecule has 0 aliphatic heterocycles. The quantitative estimate of drug-likeness (QED) is 0.194. The zero-order valence-electron chi connectivity index (χ0n) is 26.0. The smallest absolute Gasteiger partial charge is 0.119 e. The molecule has 0 bridgehead atoms. The van der Waals surface area contributed by atoms with Gasteiger partial charge in [-0.3, -0.25) is 0 Å². The molecule has 220 valence electrons. The van der Waals surface area contributed by atoms with Gasteiger partial charge in [-0.15, -0.1) is 0 Å². The summed E-state index contributed by atoms with van der Waals surface area (Å²) in [6, 6.07) is 44.0. The van der Waals surface area contributed by atoms with E-state index >= 15 is 0 Å². The Kier molecular flexibility index (Phi) is 6.38. The van der Waals surface area contributed by atoms with Gasteiger partial charge in [-0.05, 0) is 116 Å². The van der Waals surface area contributed by atoms with Crippen molar-refractivity contribution in [2.45, 2.75) is 20.3 Å². The van der Waals surface area contributed by atoms with Gasteiger partial charge in [-0.2, -0.15) is 0 Å². The van der Waals surface area contributed by atoms with Crippen LogP contribution in [0.5, 0.6) is 11.5 Å². The van der Waals surface area contributed by atoms with Crippen LogP contribution in [0.25, 0.3) is 55.0 Å². The summed E-state index contributed by atoms with van der Waals surface area (Å²) < 4.78 is 15.8. The van der Waals surface area contributed by atoms with Gasteiger partial charge >= 0.3 is 0 Å². The minimum Gasteiger partial charge on any atom is -0.497 e. The van der Waals surface area contributed by atoms with Gasteiger partial charge in [0, 0.05) is 32.9 Å². The van der Waals surface area contributed by atoms with Gasteiger partial charge in [0.2, 0.25) is 0 Å². The van der Waals surface area contributed by atoms with Crippen LogP contribution >= 0.6 is 0 Å². The topological polar surface area (TPSA) is 28.3 Å². The summed E-state index contributed by atoms with van der Waals surface area (Å²) in [5.74, 6) is 1.68. The Balaban J connectivity index is 1.12. The lowest BCUT2D eigenvalue weighted by molar-refractivity contribution is 0.415. The van der Waals surface area contributed by atoms with Crippen LogP contribution in [0.2, 0.25) is 0 Å². The number of methoxy groups -OCH3 is 2. The summed E-state index contributed by atoms with van der Waals surface area (Å²) in [5.41, 5.74) is 12.2. The third kappa shape index (κ3) is 4.53. The number of rotatable bonds is 6. The van der Waals surface area contributed by atoms with Gasteiger partial charge in [0.1, 0.15) is 11.5 Å². The summed E-state index contributed by atoms with van der Waals surface area (Å²) in [6.45, 7) is 4.33. The van der Waals surface area contributed by atoms with E-state index in [0.29, 0.717) is 0 Å². The molecule has 0 atom stereocenters. The van der Waals surface area contributed by atoms with Crippen molar-refractivity contribution in [3.63, 3.8) is 0 Å². The first-order valence-electron chi connectivity index (χ1n) is 15.4. The highest BCUT2D eigenvalue weighted by Gasteiger charge is 2.15. The minimum atomic E-state index is 0.842. The maximum absolute atomic E-state index is 5.55. The lowest BCUT2D eigenvalue weighted by atomic mass is 10.0. The molecule has 0 aliphatic carbocycles. The molecule has 0 radical (unpaired) electrons. The molecule has 8 rings (SSSR count). The molecule has 0 fully saturated rings. The van der Waals surface area contributed by atoms with Crippen molar-refractivity contribution in [2.24, 2.45) is 0 Å². The Hall–Kier alpha value is -5.48. The van der Waals surface area contributed by atoms with E-state index in [1.54, 1.807) is 14.2 Å². The number of nitrogens with zero attached hydrogens (tertiary/aromatic N) is 2. The average Bonchev–Trinajstić information content (AvgIpc) is 3.56. The standard InChI is InChI=1S/C41H34N2O2/c1-26-5-17-38-34(21-26)35-22-27(2)6-18-39(35)42(38)30-11-7-28(8-12-30)23-29-9-13-31(14-10-29)43-40-19-15-32(44-3)24-36(40)37-25-33(45-4)16-20-41(37)43/h5-22,24-25H,23H2,1-4H3. The number of hydrogen-bond acceptors (Lipinski definition) is 2. The highest BCUT2D eigenvalue weighted by Crippen LogP contribution is 2.37. The Morgan fingerprint density at radius 1 is 0.422 bits per heavy atom. The fourth-order valence-corrected chi connectivity index (χ4v) is 6.80. The molecule has 4 heteroatoms. The summed E-state index contributed by atoms with van der Waals surface area (Å²) in [7, 11) is 3.42. The van der Waals surface area contributed by atoms with E-state index in [2.05, 4.69) is 132 Å². The van der Waals surface area contributed by atoms with E-state index in [0.717, 1.165) is 45.4 Å². The summed E-state index contributed by atoms with van der Waals surface area (Å²) >= 11 is 0. The first kappa shape index (κ1) is 27.1. The SMILES string of the molecule is COc1ccc2c(c1)c1cc(OC)ccc1n2-c1ccc(Cc2ccc(-n3c4ccc(C)cc4c4cc(C)ccc43)cc2)cc1. The molecule has 4 nitrogen and oxygen atoms in total. The van der Waals surface area contributed by atoms with E-state index in [-0.39, 0.29) is 0 Å². The molecular weight excluding hydrogens is 552 g/mol. The first-order valence-corrected chi connectivity index (χ1v) is 15.4. The minimum absolute atomic E-state index is 0.842. The van der Waals surface area contributed by atoms with Crippen molar-refractivity contribution in [1.82, 2.24) is 9.13 Å². The molecule has 0 aliphatic rings. The van der Waals surface area contributed by atoms with Crippen LogP contribution in [-0.4, -0.2) is 23.4 Å². The Labute approximate surface area is 262 Å². The first-order chi connectivity index (χ1) is 22.0. The van der Waals surface area contributed by atoms with Crippen molar-refractivity contribution in [1.29, 1.82) is 0 Å². The summed E-state index contributed by atoms with van der Waals surface area (Å²) in [5, 5.41) is 4.89. The normalized spacial score (nSPS) is 11.6. The number of fused-ring (bicyclic) bond motifs is 6. The van der Waals surface area contributed by atoms with Gasteiger partial charge < -0.3 is 18.6 Å². The number of aryl methyl sites for hydroxylation is 2. The van der Waals surface area contributed by atoms with Crippen LogP contribution in [0.15, 0.2) is 121 Å². The number of ether oxygens (including phenoxy) is 2. The highest BCUT2D eigenvalue weighted by molar-refractivity contribution is 6.11. The second-order valence-corrected chi connectivity index (χ2v) is 12.0. The van der Waals surface area contributed by atoms with Crippen LogP contribution in [0, 0.1) is 13.8 Å². The van der Waals surface area contributed by atoms with Crippen LogP contribution in [-0.2, 0) is 6.42 Å². The fourth-order valence-electron chi connectivity index (χ4n) is 6.80. The molecule has 2 heterocycles. The average molecular weight is 587 g/mol. The van der Waals surface area contributed by atoms with Crippen LogP contribution < -0.4 is 9.47 Å². The second kappa shape index (κ2) is 10.6. The Morgan fingerprint density at radius 3 is 1.16 bits per heavy atom. The molecule has 0 N–H and O–H groups in total. The van der Waals surface area contributed by atoms with Crippen LogP contribution in [0.4, 0.5) is 0 Å². The van der Waals surface area contributed by atoms with Crippen LogP contribution in [0.1, 0.15) is 22.3 Å². The van der Waals surface area contributed by atoms with Crippen molar-refractivity contribution in [3.05, 3.63) is 144 Å². The monoisotopic (exact) mass is 586 g/mol. The fraction of sp³-hybridized carbons (Fsp3) is 0.122. The van der Waals surface area contributed by atoms with Gasteiger partial charge in [0.05, 0.1) is 36.3 Å². The van der Waals surface area contributed by atoms with E-state index in [1.807, 2.05) is 12.1 Å². The molecule has 2 aromatic heterocycles. The number of benzene rings is 6. The van der Waals surface area contributed by atoms with Crippen molar-refractivity contribution >= 4 is 43.6 Å². The van der Waals surface area contributed by atoms with Crippen molar-refractivity contribution < 1.29 is 9.47 Å².